The van der Waals surface area contributed by atoms with Gasteiger partial charge in [0.2, 0.25) is 0 Å². The lowest BCUT2D eigenvalue weighted by molar-refractivity contribution is 0.0907. The molecule has 1 aromatic heterocycles. The third-order valence-corrected chi connectivity index (χ3v) is 5.33. The van der Waals surface area contributed by atoms with Gasteiger partial charge >= 0.3 is 0 Å². The Labute approximate surface area is 131 Å². The van der Waals surface area contributed by atoms with Crippen LogP contribution in [0.1, 0.15) is 56.4 Å². The highest BCUT2D eigenvalue weighted by Crippen LogP contribution is 2.49. The van der Waals surface area contributed by atoms with Crippen LogP contribution in [0.25, 0.3) is 0 Å². The molecule has 120 valence electrons. The summed E-state index contributed by atoms with van der Waals surface area (Å²) in [6, 6.07) is 3.13. The number of nitrogens with one attached hydrogen (secondary N) is 1. The number of hydrogen-bond donors (Lipinski definition) is 1. The maximum absolute atomic E-state index is 12.4. The van der Waals surface area contributed by atoms with Crippen molar-refractivity contribution in [3.05, 3.63) is 28.2 Å². The maximum atomic E-state index is 12.4. The first kappa shape index (κ1) is 15.3. The second-order valence-electron chi connectivity index (χ2n) is 6.88. The predicted molar refractivity (Wildman–Crippen MR) is 84.7 cm³/mol. The fourth-order valence-corrected chi connectivity index (χ4v) is 4.24. The van der Waals surface area contributed by atoms with Gasteiger partial charge in [-0.1, -0.05) is 13.3 Å². The molecule has 2 aliphatic carbocycles. The summed E-state index contributed by atoms with van der Waals surface area (Å²) < 4.78 is 1.37. The van der Waals surface area contributed by atoms with Crippen molar-refractivity contribution in [2.45, 2.75) is 58.5 Å². The largest absolute Gasteiger partial charge is 0.348 e. The summed E-state index contributed by atoms with van der Waals surface area (Å²) in [6.45, 7) is 4.63. The second kappa shape index (κ2) is 6.23. The Morgan fingerprint density at radius 2 is 2.23 bits per heavy atom. The highest BCUT2D eigenvalue weighted by Gasteiger charge is 2.42. The molecular weight excluding hydrogens is 278 g/mol. The molecule has 1 aromatic rings. The second-order valence-corrected chi connectivity index (χ2v) is 6.88. The van der Waals surface area contributed by atoms with Gasteiger partial charge in [0.1, 0.15) is 5.69 Å². The van der Waals surface area contributed by atoms with E-state index < -0.39 is 0 Å². The van der Waals surface area contributed by atoms with Crippen LogP contribution in [0.15, 0.2) is 16.9 Å². The molecule has 2 saturated carbocycles. The van der Waals surface area contributed by atoms with Gasteiger partial charge in [0.15, 0.2) is 0 Å². The lowest BCUT2D eigenvalue weighted by atomic mass is 9.84. The number of rotatable bonds is 5. The summed E-state index contributed by atoms with van der Waals surface area (Å²) in [5.74, 6) is 2.09. The Balaban J connectivity index is 1.66. The molecule has 0 aromatic carbocycles. The van der Waals surface area contributed by atoms with Crippen LogP contribution in [0.4, 0.5) is 0 Å². The number of fused-ring (bicyclic) bond motifs is 2. The molecule has 2 bridgehead atoms. The predicted octanol–water partition coefficient (Wildman–Crippen LogP) is 2.21. The summed E-state index contributed by atoms with van der Waals surface area (Å²) in [6.07, 6.45) is 6.08. The number of aryl methyl sites for hydroxylation is 1. The minimum Gasteiger partial charge on any atom is -0.348 e. The molecule has 0 spiro atoms. The third-order valence-electron chi connectivity index (χ3n) is 5.33. The van der Waals surface area contributed by atoms with E-state index in [9.17, 15) is 9.59 Å². The van der Waals surface area contributed by atoms with Crippen LogP contribution in [0.3, 0.4) is 0 Å². The van der Waals surface area contributed by atoms with Crippen molar-refractivity contribution in [1.82, 2.24) is 15.1 Å². The molecule has 0 saturated heterocycles. The Kier molecular flexibility index (Phi) is 4.32. The fraction of sp³-hybridized carbons (Fsp3) is 0.706. The smallest absolute Gasteiger partial charge is 0.271 e. The van der Waals surface area contributed by atoms with Gasteiger partial charge in [0.05, 0.1) is 0 Å². The van der Waals surface area contributed by atoms with Gasteiger partial charge in [-0.2, -0.15) is 5.10 Å². The van der Waals surface area contributed by atoms with Gasteiger partial charge < -0.3 is 5.32 Å². The molecule has 0 aliphatic heterocycles. The van der Waals surface area contributed by atoms with Gasteiger partial charge in [-0.15, -0.1) is 0 Å². The number of aromatic nitrogens is 2. The highest BCUT2D eigenvalue weighted by atomic mass is 16.2. The summed E-state index contributed by atoms with van der Waals surface area (Å²) in [4.78, 5) is 24.1. The van der Waals surface area contributed by atoms with Crippen molar-refractivity contribution in [1.29, 1.82) is 0 Å². The minimum atomic E-state index is -0.167. The van der Waals surface area contributed by atoms with E-state index in [4.69, 9.17) is 0 Å². The van der Waals surface area contributed by atoms with E-state index in [2.05, 4.69) is 17.3 Å². The zero-order chi connectivity index (χ0) is 15.7. The van der Waals surface area contributed by atoms with Crippen LogP contribution in [0, 0.1) is 17.8 Å². The molecule has 5 heteroatoms. The standard InChI is InChI=1S/C17H25N3O2/c1-3-8-20-16(21)7-6-15(19-20)17(22)18-11(2)14-10-12-4-5-13(14)9-12/h6-7,11-14H,3-5,8-10H2,1-2H3,(H,18,22)/t11-,12+,13+,14+/m1/s1. The monoisotopic (exact) mass is 303 g/mol. The molecule has 4 atom stereocenters. The molecule has 22 heavy (non-hydrogen) atoms. The van der Waals surface area contributed by atoms with Crippen molar-refractivity contribution in [3.63, 3.8) is 0 Å². The lowest BCUT2D eigenvalue weighted by Gasteiger charge is -2.28. The number of nitrogens with zero attached hydrogens (tertiary/aromatic N) is 2. The zero-order valence-corrected chi connectivity index (χ0v) is 13.4. The molecule has 2 aliphatic rings. The molecule has 2 fully saturated rings. The zero-order valence-electron chi connectivity index (χ0n) is 13.4. The number of hydrogen-bond acceptors (Lipinski definition) is 3. The first-order valence-corrected chi connectivity index (χ1v) is 8.47. The van der Waals surface area contributed by atoms with Crippen LogP contribution in [-0.2, 0) is 6.54 Å². The Hall–Kier alpha value is -1.65. The maximum Gasteiger partial charge on any atom is 0.271 e. The quantitative estimate of drug-likeness (QED) is 0.907. The minimum absolute atomic E-state index is 0.153. The van der Waals surface area contributed by atoms with Crippen LogP contribution in [0.5, 0.6) is 0 Å². The summed E-state index contributed by atoms with van der Waals surface area (Å²) >= 11 is 0. The molecule has 3 rings (SSSR count). The number of amides is 1. The van der Waals surface area contributed by atoms with Crippen molar-refractivity contribution >= 4 is 5.91 Å². The Morgan fingerprint density at radius 3 is 2.86 bits per heavy atom. The number of carbonyl (C=O) groups is 1. The van der Waals surface area contributed by atoms with Gasteiger partial charge in [0.25, 0.3) is 11.5 Å². The van der Waals surface area contributed by atoms with Crippen molar-refractivity contribution < 1.29 is 4.79 Å². The summed E-state index contributed by atoms with van der Waals surface area (Å²) in [5, 5.41) is 7.28. The Bertz CT molecular complexity index is 610. The van der Waals surface area contributed by atoms with E-state index in [0.29, 0.717) is 18.2 Å². The molecule has 5 nitrogen and oxygen atoms in total. The van der Waals surface area contributed by atoms with E-state index >= 15 is 0 Å². The molecule has 1 amide bonds. The molecular formula is C17H25N3O2. The first-order valence-electron chi connectivity index (χ1n) is 8.47. The fourth-order valence-electron chi connectivity index (χ4n) is 4.24. The summed E-state index contributed by atoms with van der Waals surface area (Å²) in [5.41, 5.74) is 0.183. The third kappa shape index (κ3) is 2.94. The van der Waals surface area contributed by atoms with Crippen LogP contribution in [-0.4, -0.2) is 21.7 Å². The normalized spacial score (nSPS) is 27.8. The SMILES string of the molecule is CCCn1nc(C(=O)N[C@H](C)[C@@H]2C[C@H]3CC[C@H]2C3)ccc1=O. The van der Waals surface area contributed by atoms with Crippen LogP contribution in [0.2, 0.25) is 0 Å². The number of carbonyl (C=O) groups excluding carboxylic acids is 1. The van der Waals surface area contributed by atoms with Crippen molar-refractivity contribution in [2.24, 2.45) is 17.8 Å². The molecule has 0 radical (unpaired) electrons. The highest BCUT2D eigenvalue weighted by molar-refractivity contribution is 5.92. The first-order chi connectivity index (χ1) is 10.6. The van der Waals surface area contributed by atoms with Gasteiger partial charge in [-0.25, -0.2) is 4.68 Å². The molecule has 1 heterocycles. The van der Waals surface area contributed by atoms with Crippen LogP contribution >= 0.6 is 0 Å². The topological polar surface area (TPSA) is 64.0 Å². The van der Waals surface area contributed by atoms with Gasteiger partial charge in [0, 0.05) is 18.7 Å². The average molecular weight is 303 g/mol. The average Bonchev–Trinajstić information content (AvgIpc) is 3.12. The van der Waals surface area contributed by atoms with Crippen molar-refractivity contribution in [2.75, 3.05) is 0 Å². The van der Waals surface area contributed by atoms with E-state index in [-0.39, 0.29) is 17.5 Å². The van der Waals surface area contributed by atoms with Crippen LogP contribution < -0.4 is 10.9 Å². The summed E-state index contributed by atoms with van der Waals surface area (Å²) in [7, 11) is 0. The molecule has 1 N–H and O–H groups in total. The van der Waals surface area contributed by atoms with E-state index in [1.807, 2.05) is 6.92 Å². The van der Waals surface area contributed by atoms with E-state index in [1.165, 1.54) is 42.5 Å². The Morgan fingerprint density at radius 1 is 1.41 bits per heavy atom. The van der Waals surface area contributed by atoms with Gasteiger partial charge in [-0.3, -0.25) is 9.59 Å². The molecule has 0 unspecified atom stereocenters. The lowest BCUT2D eigenvalue weighted by Crippen LogP contribution is -2.41. The van der Waals surface area contributed by atoms with E-state index in [0.717, 1.165) is 18.3 Å². The van der Waals surface area contributed by atoms with Crippen molar-refractivity contribution in [3.8, 4) is 0 Å². The van der Waals surface area contributed by atoms with Gasteiger partial charge in [-0.05, 0) is 56.4 Å². The van der Waals surface area contributed by atoms with E-state index in [1.54, 1.807) is 0 Å².